The summed E-state index contributed by atoms with van der Waals surface area (Å²) >= 11 is 0. The van der Waals surface area contributed by atoms with Gasteiger partial charge in [0.15, 0.2) is 5.82 Å². The molecular weight excluding hydrogens is 250 g/mol. The fraction of sp³-hybridized carbons (Fsp3) is 0.0909. The predicted molar refractivity (Wildman–Crippen MR) is 67.7 cm³/mol. The molecule has 0 saturated heterocycles. The van der Waals surface area contributed by atoms with E-state index in [0.717, 1.165) is 0 Å². The van der Waals surface area contributed by atoms with Gasteiger partial charge in [-0.15, -0.1) is 0 Å². The molecule has 0 unspecified atom stereocenters. The Bertz CT molecular complexity index is 617. The number of anilines is 1. The Morgan fingerprint density at radius 2 is 2.21 bits per heavy atom. The number of nitrogen functional groups attached to an aromatic ring is 1. The van der Waals surface area contributed by atoms with E-state index in [1.807, 2.05) is 0 Å². The second-order valence-corrected chi connectivity index (χ2v) is 3.70. The van der Waals surface area contributed by atoms with Crippen molar-refractivity contribution in [2.45, 2.75) is 6.92 Å². The highest BCUT2D eigenvalue weighted by Crippen LogP contribution is 2.27. The van der Waals surface area contributed by atoms with Gasteiger partial charge in [-0.3, -0.25) is 15.1 Å². The van der Waals surface area contributed by atoms with Crippen LogP contribution in [0.1, 0.15) is 5.56 Å². The van der Waals surface area contributed by atoms with E-state index in [1.165, 1.54) is 30.6 Å². The van der Waals surface area contributed by atoms with Gasteiger partial charge in [-0.2, -0.15) is 4.98 Å². The second kappa shape index (κ2) is 5.27. The average Bonchev–Trinajstić information content (AvgIpc) is 2.41. The third-order valence-electron chi connectivity index (χ3n) is 2.34. The van der Waals surface area contributed by atoms with E-state index in [1.54, 1.807) is 6.92 Å². The van der Waals surface area contributed by atoms with Gasteiger partial charge in [0.05, 0.1) is 17.3 Å². The zero-order valence-corrected chi connectivity index (χ0v) is 10.0. The summed E-state index contributed by atoms with van der Waals surface area (Å²) in [5.41, 5.74) is 2.98. The molecule has 2 aromatic rings. The number of rotatable bonds is 4. The minimum atomic E-state index is -0.463. The molecule has 2 rings (SSSR count). The molecule has 1 aromatic heterocycles. The Morgan fingerprint density at radius 3 is 2.84 bits per heavy atom. The maximum Gasteiger partial charge on any atom is 0.269 e. The lowest BCUT2D eigenvalue weighted by Crippen LogP contribution is -2.09. The first-order valence-electron chi connectivity index (χ1n) is 5.31. The van der Waals surface area contributed by atoms with Crippen LogP contribution in [-0.2, 0) is 0 Å². The zero-order chi connectivity index (χ0) is 13.8. The summed E-state index contributed by atoms with van der Waals surface area (Å²) in [4.78, 5) is 18.1. The van der Waals surface area contributed by atoms with Gasteiger partial charge < -0.3 is 10.2 Å². The molecule has 8 nitrogen and oxygen atoms in total. The van der Waals surface area contributed by atoms with Crippen LogP contribution in [-0.4, -0.2) is 14.9 Å². The van der Waals surface area contributed by atoms with Crippen molar-refractivity contribution in [2.75, 3.05) is 5.43 Å². The first-order valence-corrected chi connectivity index (χ1v) is 5.31. The molecule has 8 heteroatoms. The van der Waals surface area contributed by atoms with E-state index in [9.17, 15) is 10.1 Å². The lowest BCUT2D eigenvalue weighted by Gasteiger charge is -2.08. The van der Waals surface area contributed by atoms with Crippen molar-refractivity contribution in [3.8, 4) is 11.6 Å². The van der Waals surface area contributed by atoms with E-state index in [4.69, 9.17) is 10.6 Å². The smallest absolute Gasteiger partial charge is 0.269 e. The molecule has 98 valence electrons. The first-order chi connectivity index (χ1) is 9.10. The summed E-state index contributed by atoms with van der Waals surface area (Å²) < 4.78 is 5.49. The average molecular weight is 261 g/mol. The summed E-state index contributed by atoms with van der Waals surface area (Å²) in [5, 5.41) is 10.6. The highest BCUT2D eigenvalue weighted by Gasteiger charge is 2.10. The highest BCUT2D eigenvalue weighted by atomic mass is 16.6. The summed E-state index contributed by atoms with van der Waals surface area (Å²) in [7, 11) is 0. The van der Waals surface area contributed by atoms with Crippen LogP contribution in [0.15, 0.2) is 30.6 Å². The van der Waals surface area contributed by atoms with Gasteiger partial charge in [-0.25, -0.2) is 5.84 Å². The molecule has 0 aliphatic carbocycles. The number of hydrogen-bond acceptors (Lipinski definition) is 7. The van der Waals surface area contributed by atoms with Crippen molar-refractivity contribution < 1.29 is 9.66 Å². The molecule has 0 amide bonds. The quantitative estimate of drug-likeness (QED) is 0.489. The first kappa shape index (κ1) is 12.7. The molecule has 3 N–H and O–H groups in total. The lowest BCUT2D eigenvalue weighted by molar-refractivity contribution is -0.384. The van der Waals surface area contributed by atoms with Crippen LogP contribution in [0.2, 0.25) is 0 Å². The molecular formula is C11H11N5O3. The number of nitro benzene ring substituents is 1. The number of non-ortho nitro benzene ring substituents is 1. The zero-order valence-electron chi connectivity index (χ0n) is 10.0. The van der Waals surface area contributed by atoms with Gasteiger partial charge in [0.1, 0.15) is 5.75 Å². The van der Waals surface area contributed by atoms with Gasteiger partial charge in [-0.1, -0.05) is 0 Å². The van der Waals surface area contributed by atoms with Crippen LogP contribution in [0.5, 0.6) is 11.6 Å². The van der Waals surface area contributed by atoms with E-state index >= 15 is 0 Å². The number of aromatic nitrogens is 2. The molecule has 0 fully saturated rings. The predicted octanol–water partition coefficient (Wildman–Crippen LogP) is 1.77. The highest BCUT2D eigenvalue weighted by molar-refractivity contribution is 5.44. The maximum absolute atomic E-state index is 10.6. The molecule has 0 radical (unpaired) electrons. The van der Waals surface area contributed by atoms with Crippen LogP contribution in [0, 0.1) is 17.0 Å². The van der Waals surface area contributed by atoms with Crippen LogP contribution in [0.3, 0.4) is 0 Å². The molecule has 0 aliphatic rings. The topological polar surface area (TPSA) is 116 Å². The number of nitro groups is 1. The molecule has 0 atom stereocenters. The molecule has 19 heavy (non-hydrogen) atoms. The number of ether oxygens (including phenoxy) is 1. The SMILES string of the molecule is Cc1cc([N+](=O)[O-])ccc1Oc1cncc(NN)n1. The Balaban J connectivity index is 2.25. The molecule has 1 heterocycles. The van der Waals surface area contributed by atoms with Gasteiger partial charge in [0, 0.05) is 12.1 Å². The normalized spacial score (nSPS) is 10.0. The fourth-order valence-corrected chi connectivity index (χ4v) is 1.44. The number of nitrogens with two attached hydrogens (primary N) is 1. The van der Waals surface area contributed by atoms with Gasteiger partial charge >= 0.3 is 0 Å². The van der Waals surface area contributed by atoms with Gasteiger partial charge in [0.25, 0.3) is 5.69 Å². The number of hydrogen-bond donors (Lipinski definition) is 2. The van der Waals surface area contributed by atoms with Gasteiger partial charge in [0.2, 0.25) is 5.88 Å². The third-order valence-corrected chi connectivity index (χ3v) is 2.34. The van der Waals surface area contributed by atoms with Crippen LogP contribution in [0.4, 0.5) is 11.5 Å². The van der Waals surface area contributed by atoms with Crippen LogP contribution < -0.4 is 16.0 Å². The van der Waals surface area contributed by atoms with Crippen molar-refractivity contribution in [2.24, 2.45) is 5.84 Å². The van der Waals surface area contributed by atoms with E-state index < -0.39 is 4.92 Å². The van der Waals surface area contributed by atoms with Crippen molar-refractivity contribution in [1.82, 2.24) is 9.97 Å². The van der Waals surface area contributed by atoms with Crippen molar-refractivity contribution >= 4 is 11.5 Å². The van der Waals surface area contributed by atoms with Crippen LogP contribution in [0.25, 0.3) is 0 Å². The van der Waals surface area contributed by atoms with E-state index in [2.05, 4.69) is 15.4 Å². The fourth-order valence-electron chi connectivity index (χ4n) is 1.44. The molecule has 0 saturated carbocycles. The number of benzene rings is 1. The Hall–Kier alpha value is -2.74. The minimum absolute atomic E-state index is 0.00769. The summed E-state index contributed by atoms with van der Waals surface area (Å²) in [6, 6.07) is 4.30. The monoisotopic (exact) mass is 261 g/mol. The Labute approximate surface area is 108 Å². The van der Waals surface area contributed by atoms with Crippen molar-refractivity contribution in [3.63, 3.8) is 0 Å². The number of nitrogens with one attached hydrogen (secondary N) is 1. The van der Waals surface area contributed by atoms with Gasteiger partial charge in [-0.05, 0) is 18.6 Å². The van der Waals surface area contributed by atoms with Crippen LogP contribution >= 0.6 is 0 Å². The maximum atomic E-state index is 10.6. The second-order valence-electron chi connectivity index (χ2n) is 3.70. The van der Waals surface area contributed by atoms with E-state index in [0.29, 0.717) is 17.1 Å². The minimum Gasteiger partial charge on any atom is -0.437 e. The van der Waals surface area contributed by atoms with E-state index in [-0.39, 0.29) is 11.6 Å². The number of aryl methyl sites for hydroxylation is 1. The summed E-state index contributed by atoms with van der Waals surface area (Å²) in [6.07, 6.45) is 2.86. The number of hydrazine groups is 1. The molecule has 0 aliphatic heterocycles. The summed E-state index contributed by atoms with van der Waals surface area (Å²) in [5.74, 6) is 6.28. The number of nitrogens with zero attached hydrogens (tertiary/aromatic N) is 3. The summed E-state index contributed by atoms with van der Waals surface area (Å²) in [6.45, 7) is 1.71. The van der Waals surface area contributed by atoms with Crippen molar-refractivity contribution in [1.29, 1.82) is 0 Å². The molecule has 1 aromatic carbocycles. The molecule has 0 spiro atoms. The lowest BCUT2D eigenvalue weighted by atomic mass is 10.2. The third kappa shape index (κ3) is 2.93. The largest absolute Gasteiger partial charge is 0.437 e. The standard InChI is InChI=1S/C11H11N5O3/c1-7-4-8(16(17)18)2-3-9(7)19-11-6-13-5-10(14-11)15-12/h2-6H,12H2,1H3,(H,14,15). The molecule has 0 bridgehead atoms. The Morgan fingerprint density at radius 1 is 1.42 bits per heavy atom. The van der Waals surface area contributed by atoms with Crippen molar-refractivity contribution in [3.05, 3.63) is 46.3 Å². The Kier molecular flexibility index (Phi) is 3.53.